The van der Waals surface area contributed by atoms with E-state index in [-0.39, 0.29) is 11.8 Å². The van der Waals surface area contributed by atoms with Gasteiger partial charge in [0, 0.05) is 19.5 Å². The molecule has 0 radical (unpaired) electrons. The van der Waals surface area contributed by atoms with Crippen LogP contribution in [0.4, 0.5) is 5.69 Å². The highest BCUT2D eigenvalue weighted by Crippen LogP contribution is 2.44. The number of Topliss-reactive ketones (excluding diaryl/α,β-unsaturated/α-hetero) is 1. The second-order valence-corrected chi connectivity index (χ2v) is 6.10. The topological polar surface area (TPSA) is 48.3 Å². The van der Waals surface area contributed by atoms with Crippen molar-refractivity contribution in [2.75, 3.05) is 18.1 Å². The highest BCUT2D eigenvalue weighted by molar-refractivity contribution is 5.93. The zero-order chi connectivity index (χ0) is 14.3. The van der Waals surface area contributed by atoms with Gasteiger partial charge in [0.05, 0.1) is 5.69 Å². The van der Waals surface area contributed by atoms with E-state index in [9.17, 15) is 4.79 Å². The highest BCUT2D eigenvalue weighted by Gasteiger charge is 2.60. The number of para-hydroxylation sites is 1. The molecule has 5 nitrogen and oxygen atoms in total. The molecule has 1 saturated heterocycles. The number of benzene rings is 1. The van der Waals surface area contributed by atoms with Gasteiger partial charge in [0.15, 0.2) is 11.4 Å². The molecule has 1 aromatic rings. The van der Waals surface area contributed by atoms with Gasteiger partial charge in [0.2, 0.25) is 0 Å². The molecular formula is C16H20N4O. The van der Waals surface area contributed by atoms with Crippen molar-refractivity contribution in [3.63, 3.8) is 0 Å². The summed E-state index contributed by atoms with van der Waals surface area (Å²) in [7, 11) is 0. The Labute approximate surface area is 124 Å². The Bertz CT molecular complexity index is 567. The van der Waals surface area contributed by atoms with E-state index in [1.54, 1.807) is 0 Å². The van der Waals surface area contributed by atoms with E-state index in [1.807, 2.05) is 35.3 Å². The summed E-state index contributed by atoms with van der Waals surface area (Å²) < 4.78 is 0. The Balaban J connectivity index is 1.82. The van der Waals surface area contributed by atoms with Gasteiger partial charge in [-0.15, -0.1) is 0 Å². The van der Waals surface area contributed by atoms with Crippen LogP contribution in [0.1, 0.15) is 32.1 Å². The van der Waals surface area contributed by atoms with Gasteiger partial charge in [-0.05, 0) is 37.8 Å². The highest BCUT2D eigenvalue weighted by atomic mass is 16.1. The largest absolute Gasteiger partial charge is 0.295 e. The van der Waals surface area contributed by atoms with E-state index >= 15 is 0 Å². The van der Waals surface area contributed by atoms with Crippen LogP contribution in [0, 0.1) is 0 Å². The van der Waals surface area contributed by atoms with E-state index in [2.05, 4.69) is 15.2 Å². The number of nitrogens with zero attached hydrogens (tertiary/aromatic N) is 4. The average molecular weight is 284 g/mol. The summed E-state index contributed by atoms with van der Waals surface area (Å²) in [5.41, 5.74) is 0.307. The summed E-state index contributed by atoms with van der Waals surface area (Å²) in [4.78, 5) is 15.3. The Morgan fingerprint density at radius 3 is 2.62 bits per heavy atom. The van der Waals surface area contributed by atoms with Crippen LogP contribution < -0.4 is 5.01 Å². The van der Waals surface area contributed by atoms with Gasteiger partial charge in [0.1, 0.15) is 6.04 Å². The molecule has 0 spiro atoms. The molecule has 21 heavy (non-hydrogen) atoms. The first-order chi connectivity index (χ1) is 10.3. The number of rotatable bonds is 2. The second-order valence-electron chi connectivity index (χ2n) is 6.10. The van der Waals surface area contributed by atoms with Gasteiger partial charge in [-0.25, -0.2) is 5.01 Å². The van der Waals surface area contributed by atoms with E-state index < -0.39 is 5.66 Å². The van der Waals surface area contributed by atoms with E-state index in [0.29, 0.717) is 6.42 Å². The number of hydrogen-bond donors (Lipinski definition) is 0. The quantitative estimate of drug-likeness (QED) is 0.839. The third kappa shape index (κ3) is 1.77. The van der Waals surface area contributed by atoms with Crippen molar-refractivity contribution >= 4 is 11.5 Å². The van der Waals surface area contributed by atoms with Gasteiger partial charge in [-0.3, -0.25) is 9.69 Å². The molecular weight excluding hydrogens is 264 g/mol. The molecule has 0 unspecified atom stereocenters. The zero-order valence-corrected chi connectivity index (χ0v) is 12.1. The Morgan fingerprint density at radius 2 is 1.86 bits per heavy atom. The van der Waals surface area contributed by atoms with Crippen LogP contribution in [0.15, 0.2) is 40.7 Å². The molecule has 5 heteroatoms. The number of fused-ring (bicyclic) bond motifs is 1. The first-order valence-corrected chi connectivity index (χ1v) is 7.88. The van der Waals surface area contributed by atoms with Crippen LogP contribution in [-0.2, 0) is 4.79 Å². The molecule has 0 amide bonds. The molecule has 0 N–H and O–H groups in total. The van der Waals surface area contributed by atoms with Gasteiger partial charge in [0.25, 0.3) is 0 Å². The Morgan fingerprint density at radius 1 is 1.10 bits per heavy atom. The number of carbonyl (C=O) groups excluding carboxylic acids is 1. The minimum atomic E-state index is -0.657. The molecule has 1 aliphatic carbocycles. The molecule has 3 aliphatic rings. The van der Waals surface area contributed by atoms with Crippen molar-refractivity contribution in [2.45, 2.75) is 43.8 Å². The standard InChI is InChI=1S/C16H20N4O/c21-15-10-6-9-14-16(15,19-11-4-5-12-19)20(18-17-14)13-7-2-1-3-8-13/h1-3,7-8,14H,4-6,9-12H2/t14-,16-/m1/s1. The predicted molar refractivity (Wildman–Crippen MR) is 80.0 cm³/mol. The molecule has 110 valence electrons. The van der Waals surface area contributed by atoms with Gasteiger partial charge in [-0.2, -0.15) is 5.11 Å². The maximum atomic E-state index is 13.0. The number of carbonyl (C=O) groups is 1. The lowest BCUT2D eigenvalue weighted by atomic mass is 9.81. The fourth-order valence-corrected chi connectivity index (χ4v) is 4.00. The Hall–Kier alpha value is -1.75. The lowest BCUT2D eigenvalue weighted by molar-refractivity contribution is -0.133. The van der Waals surface area contributed by atoms with E-state index in [0.717, 1.165) is 44.5 Å². The van der Waals surface area contributed by atoms with Crippen molar-refractivity contribution in [3.8, 4) is 0 Å². The number of hydrogen-bond acceptors (Lipinski definition) is 5. The monoisotopic (exact) mass is 284 g/mol. The normalized spacial score (nSPS) is 32.7. The molecule has 0 bridgehead atoms. The summed E-state index contributed by atoms with van der Waals surface area (Å²) >= 11 is 0. The molecule has 4 rings (SSSR count). The van der Waals surface area contributed by atoms with Gasteiger partial charge < -0.3 is 0 Å². The lowest BCUT2D eigenvalue weighted by Gasteiger charge is -2.46. The van der Waals surface area contributed by atoms with E-state index in [4.69, 9.17) is 0 Å². The second kappa shape index (κ2) is 4.91. The van der Waals surface area contributed by atoms with E-state index in [1.165, 1.54) is 0 Å². The molecule has 2 atom stereocenters. The maximum absolute atomic E-state index is 13.0. The van der Waals surface area contributed by atoms with Gasteiger partial charge >= 0.3 is 0 Å². The van der Waals surface area contributed by atoms with Crippen molar-refractivity contribution in [1.82, 2.24) is 4.90 Å². The third-order valence-corrected chi connectivity index (χ3v) is 4.95. The summed E-state index contributed by atoms with van der Waals surface area (Å²) in [5.74, 6) is 0.287. The minimum absolute atomic E-state index is 0.0166. The molecule has 2 aliphatic heterocycles. The van der Waals surface area contributed by atoms with Crippen LogP contribution in [-0.4, -0.2) is 35.5 Å². The van der Waals surface area contributed by atoms with Crippen molar-refractivity contribution in [2.24, 2.45) is 10.3 Å². The lowest BCUT2D eigenvalue weighted by Crippen LogP contribution is -2.68. The first-order valence-electron chi connectivity index (χ1n) is 7.88. The molecule has 0 aromatic heterocycles. The predicted octanol–water partition coefficient (Wildman–Crippen LogP) is 2.79. The summed E-state index contributed by atoms with van der Waals surface area (Å²) in [5, 5.41) is 10.8. The van der Waals surface area contributed by atoms with Crippen LogP contribution in [0.3, 0.4) is 0 Å². The molecule has 2 fully saturated rings. The fourth-order valence-electron chi connectivity index (χ4n) is 4.00. The molecule has 1 aromatic carbocycles. The summed E-state index contributed by atoms with van der Waals surface area (Å²) in [6, 6.07) is 9.98. The Kier molecular flexibility index (Phi) is 3.03. The van der Waals surface area contributed by atoms with Gasteiger partial charge in [-0.1, -0.05) is 23.4 Å². The van der Waals surface area contributed by atoms with Crippen LogP contribution in [0.2, 0.25) is 0 Å². The number of anilines is 1. The SMILES string of the molecule is O=C1CCC[C@H]2N=NN(c3ccccc3)[C@@]12N1CCCC1. The third-order valence-electron chi connectivity index (χ3n) is 4.95. The van der Waals surface area contributed by atoms with Crippen LogP contribution in [0.5, 0.6) is 0 Å². The fraction of sp³-hybridized carbons (Fsp3) is 0.562. The van der Waals surface area contributed by atoms with Crippen molar-refractivity contribution < 1.29 is 4.79 Å². The van der Waals surface area contributed by atoms with Crippen LogP contribution in [0.25, 0.3) is 0 Å². The summed E-state index contributed by atoms with van der Waals surface area (Å²) in [6.45, 7) is 1.94. The minimum Gasteiger partial charge on any atom is -0.295 e. The van der Waals surface area contributed by atoms with Crippen molar-refractivity contribution in [1.29, 1.82) is 0 Å². The number of ketones is 1. The molecule has 2 heterocycles. The van der Waals surface area contributed by atoms with Crippen LogP contribution >= 0.6 is 0 Å². The van der Waals surface area contributed by atoms with Crippen molar-refractivity contribution in [3.05, 3.63) is 30.3 Å². The molecule has 1 saturated carbocycles. The number of likely N-dealkylation sites (tertiary alicyclic amines) is 1. The zero-order valence-electron chi connectivity index (χ0n) is 12.1. The summed E-state index contributed by atoms with van der Waals surface area (Å²) in [6.07, 6.45) is 4.84. The smallest absolute Gasteiger partial charge is 0.200 e. The maximum Gasteiger partial charge on any atom is 0.200 e. The first kappa shape index (κ1) is 13.0. The average Bonchev–Trinajstić information content (AvgIpc) is 3.16.